The van der Waals surface area contributed by atoms with Crippen molar-refractivity contribution in [2.24, 2.45) is 0 Å². The van der Waals surface area contributed by atoms with E-state index in [0.717, 1.165) is 0 Å². The van der Waals surface area contributed by atoms with E-state index < -0.39 is 0 Å². The Morgan fingerprint density at radius 2 is 2.17 bits per heavy atom. The number of rotatable bonds is 1. The second kappa shape index (κ2) is 2.60. The summed E-state index contributed by atoms with van der Waals surface area (Å²) in [5.74, 6) is 0.0838. The number of hydrogen-bond donors (Lipinski definition) is 1. The van der Waals surface area contributed by atoms with E-state index >= 15 is 0 Å². The molecule has 2 nitrogen and oxygen atoms in total. The second-order valence-corrected chi connectivity index (χ2v) is 2.52. The highest BCUT2D eigenvalue weighted by Crippen LogP contribution is 2.23. The maximum Gasteiger partial charge on any atom is 0.137 e. The highest BCUT2D eigenvalue weighted by Gasteiger charge is 2.07. The first kappa shape index (κ1) is 7.31. The fraction of sp³-hybridized carbons (Fsp3) is 0.111. The van der Waals surface area contributed by atoms with E-state index in [0.29, 0.717) is 16.5 Å². The second-order valence-electron chi connectivity index (χ2n) is 2.52. The number of benzene rings is 1. The molecule has 1 heterocycles. The molecule has 0 bridgehead atoms. The molecule has 3 heteroatoms. The van der Waals surface area contributed by atoms with Crippen LogP contribution >= 0.6 is 0 Å². The van der Waals surface area contributed by atoms with Gasteiger partial charge in [0.15, 0.2) is 0 Å². The Kier molecular flexibility index (Phi) is 1.59. The van der Waals surface area contributed by atoms with Gasteiger partial charge in [0.05, 0.1) is 5.39 Å². The Morgan fingerprint density at radius 1 is 1.33 bits per heavy atom. The van der Waals surface area contributed by atoms with Crippen LogP contribution in [0.3, 0.4) is 0 Å². The van der Waals surface area contributed by atoms with Crippen LogP contribution in [0.5, 0.6) is 0 Å². The number of hydrogen-bond acceptors (Lipinski definition) is 2. The van der Waals surface area contributed by atoms with Crippen LogP contribution in [0.1, 0.15) is 5.76 Å². The molecule has 0 atom stereocenters. The largest absolute Gasteiger partial charge is 0.465 e. The Hall–Kier alpha value is -1.35. The lowest BCUT2D eigenvalue weighted by Crippen LogP contribution is -1.79. The van der Waals surface area contributed by atoms with Gasteiger partial charge in [-0.05, 0) is 6.07 Å². The number of aliphatic hydroxyl groups excluding tert-OH is 1. The zero-order valence-corrected chi connectivity index (χ0v) is 6.25. The first-order valence-electron chi connectivity index (χ1n) is 3.58. The van der Waals surface area contributed by atoms with Gasteiger partial charge < -0.3 is 9.52 Å². The summed E-state index contributed by atoms with van der Waals surface area (Å²) in [5, 5.41) is 9.85. The molecule has 0 spiro atoms. The third-order valence-electron chi connectivity index (χ3n) is 1.82. The average Bonchev–Trinajstić information content (AvgIpc) is 2.49. The van der Waals surface area contributed by atoms with Crippen LogP contribution in [-0.4, -0.2) is 5.11 Å². The van der Waals surface area contributed by atoms with E-state index in [1.165, 1.54) is 12.3 Å². The summed E-state index contributed by atoms with van der Waals surface area (Å²) in [6.07, 6.45) is 1.32. The van der Waals surface area contributed by atoms with Crippen LogP contribution in [0.25, 0.3) is 10.8 Å². The highest BCUT2D eigenvalue weighted by molar-refractivity contribution is 5.84. The molecule has 62 valence electrons. The SMILES string of the molecule is OCc1occ2c(F)cccc12. The van der Waals surface area contributed by atoms with Crippen molar-refractivity contribution in [1.82, 2.24) is 0 Å². The van der Waals surface area contributed by atoms with Crippen molar-refractivity contribution in [1.29, 1.82) is 0 Å². The highest BCUT2D eigenvalue weighted by atomic mass is 19.1. The first-order valence-corrected chi connectivity index (χ1v) is 3.58. The Balaban J connectivity index is 2.80. The maximum absolute atomic E-state index is 13.0. The van der Waals surface area contributed by atoms with Gasteiger partial charge in [0.2, 0.25) is 0 Å². The number of fused-ring (bicyclic) bond motifs is 1. The fourth-order valence-electron chi connectivity index (χ4n) is 1.22. The van der Waals surface area contributed by atoms with E-state index in [1.54, 1.807) is 12.1 Å². The van der Waals surface area contributed by atoms with E-state index in [2.05, 4.69) is 0 Å². The zero-order chi connectivity index (χ0) is 8.55. The molecule has 2 aromatic rings. The minimum absolute atomic E-state index is 0.201. The van der Waals surface area contributed by atoms with Crippen LogP contribution in [0.15, 0.2) is 28.9 Å². The van der Waals surface area contributed by atoms with Gasteiger partial charge in [-0.3, -0.25) is 0 Å². The van der Waals surface area contributed by atoms with Gasteiger partial charge in [0.1, 0.15) is 24.4 Å². The van der Waals surface area contributed by atoms with Crippen LogP contribution in [0.2, 0.25) is 0 Å². The van der Waals surface area contributed by atoms with Crippen molar-refractivity contribution < 1.29 is 13.9 Å². The smallest absolute Gasteiger partial charge is 0.137 e. The molecular weight excluding hydrogens is 159 g/mol. The monoisotopic (exact) mass is 166 g/mol. The molecule has 2 rings (SSSR count). The van der Waals surface area contributed by atoms with E-state index in [1.807, 2.05) is 0 Å². The predicted molar refractivity (Wildman–Crippen MR) is 42.1 cm³/mol. The average molecular weight is 166 g/mol. The molecule has 0 aliphatic heterocycles. The van der Waals surface area contributed by atoms with Gasteiger partial charge in [-0.15, -0.1) is 0 Å². The summed E-state index contributed by atoms with van der Waals surface area (Å²) >= 11 is 0. The summed E-state index contributed by atoms with van der Waals surface area (Å²) in [5.41, 5.74) is 0. The van der Waals surface area contributed by atoms with Crippen LogP contribution in [-0.2, 0) is 6.61 Å². The minimum atomic E-state index is -0.323. The molecule has 0 radical (unpaired) electrons. The lowest BCUT2D eigenvalue weighted by Gasteiger charge is -1.91. The van der Waals surface area contributed by atoms with Crippen LogP contribution in [0.4, 0.5) is 4.39 Å². The molecule has 12 heavy (non-hydrogen) atoms. The quantitative estimate of drug-likeness (QED) is 0.703. The summed E-state index contributed by atoms with van der Waals surface area (Å²) in [6, 6.07) is 4.67. The van der Waals surface area contributed by atoms with Crippen LogP contribution in [0, 0.1) is 5.82 Å². The normalized spacial score (nSPS) is 10.8. The van der Waals surface area contributed by atoms with E-state index in [9.17, 15) is 4.39 Å². The van der Waals surface area contributed by atoms with Crippen molar-refractivity contribution in [2.75, 3.05) is 0 Å². The van der Waals surface area contributed by atoms with Gasteiger partial charge in [0, 0.05) is 5.39 Å². The summed E-state index contributed by atoms with van der Waals surface area (Å²) in [4.78, 5) is 0. The van der Waals surface area contributed by atoms with Crippen molar-refractivity contribution >= 4 is 10.8 Å². The van der Waals surface area contributed by atoms with Crippen molar-refractivity contribution in [2.45, 2.75) is 6.61 Å². The zero-order valence-electron chi connectivity index (χ0n) is 6.25. The molecule has 0 unspecified atom stereocenters. The lowest BCUT2D eigenvalue weighted by atomic mass is 10.2. The standard InChI is InChI=1S/C9H7FO2/c10-8-3-1-2-6-7(8)5-12-9(6)4-11/h1-3,5,11H,4H2. The van der Waals surface area contributed by atoms with Crippen molar-refractivity contribution in [3.05, 3.63) is 36.0 Å². The molecule has 1 aromatic carbocycles. The Morgan fingerprint density at radius 3 is 2.92 bits per heavy atom. The topological polar surface area (TPSA) is 33.4 Å². The predicted octanol–water partition coefficient (Wildman–Crippen LogP) is 2.06. The molecule has 0 saturated heterocycles. The van der Waals surface area contributed by atoms with Gasteiger partial charge in [-0.25, -0.2) is 4.39 Å². The minimum Gasteiger partial charge on any atom is -0.465 e. The third kappa shape index (κ3) is 0.905. The Labute approximate surface area is 68.2 Å². The molecular formula is C9H7FO2. The van der Waals surface area contributed by atoms with Gasteiger partial charge >= 0.3 is 0 Å². The lowest BCUT2D eigenvalue weighted by molar-refractivity contribution is 0.249. The summed E-state index contributed by atoms with van der Waals surface area (Å²) < 4.78 is 17.9. The number of aliphatic hydroxyl groups is 1. The van der Waals surface area contributed by atoms with Gasteiger partial charge in [-0.2, -0.15) is 0 Å². The van der Waals surface area contributed by atoms with Crippen molar-refractivity contribution in [3.8, 4) is 0 Å². The third-order valence-corrected chi connectivity index (χ3v) is 1.82. The fourth-order valence-corrected chi connectivity index (χ4v) is 1.22. The number of halogens is 1. The van der Waals surface area contributed by atoms with Gasteiger partial charge in [0.25, 0.3) is 0 Å². The molecule has 1 aromatic heterocycles. The Bertz CT molecular complexity index is 406. The molecule has 0 aliphatic carbocycles. The molecule has 0 amide bonds. The van der Waals surface area contributed by atoms with E-state index in [-0.39, 0.29) is 12.4 Å². The summed E-state index contributed by atoms with van der Waals surface area (Å²) in [6.45, 7) is -0.201. The maximum atomic E-state index is 13.0. The molecule has 0 saturated carbocycles. The molecule has 0 fully saturated rings. The van der Waals surface area contributed by atoms with Crippen LogP contribution < -0.4 is 0 Å². The molecule has 0 aliphatic rings. The van der Waals surface area contributed by atoms with Gasteiger partial charge in [-0.1, -0.05) is 12.1 Å². The molecule has 1 N–H and O–H groups in total. The summed E-state index contributed by atoms with van der Waals surface area (Å²) in [7, 11) is 0. The first-order chi connectivity index (χ1) is 5.83. The number of furan rings is 1. The van der Waals surface area contributed by atoms with E-state index in [4.69, 9.17) is 9.52 Å². The van der Waals surface area contributed by atoms with Crippen molar-refractivity contribution in [3.63, 3.8) is 0 Å².